The normalized spacial score (nSPS) is 40.9. The molecule has 2 fully saturated rings. The molecule has 2 aliphatic rings. The van der Waals surface area contributed by atoms with Gasteiger partial charge in [-0.2, -0.15) is 0 Å². The highest BCUT2D eigenvalue weighted by atomic mass is 16.1. The van der Waals surface area contributed by atoms with Gasteiger partial charge in [-0.05, 0) is 56.9 Å². The summed E-state index contributed by atoms with van der Waals surface area (Å²) in [6.07, 6.45) is 7.86. The maximum absolute atomic E-state index is 12.9. The average Bonchev–Trinajstić information content (AvgIpc) is 2.82. The van der Waals surface area contributed by atoms with Crippen molar-refractivity contribution in [3.05, 3.63) is 0 Å². The van der Waals surface area contributed by atoms with Gasteiger partial charge in [-0.3, -0.25) is 4.79 Å². The Hall–Kier alpha value is -0.370. The minimum Gasteiger partial charge on any atom is -0.305 e. The third-order valence-corrected chi connectivity index (χ3v) is 5.36. The fourth-order valence-electron chi connectivity index (χ4n) is 3.96. The quantitative estimate of drug-likeness (QED) is 0.828. The number of carbonyl (C=O) groups excluding carboxylic acids is 1. The largest absolute Gasteiger partial charge is 0.305 e. The van der Waals surface area contributed by atoms with E-state index in [0.717, 1.165) is 44.6 Å². The summed E-state index contributed by atoms with van der Waals surface area (Å²) >= 11 is 0. The van der Waals surface area contributed by atoms with Crippen molar-refractivity contribution >= 4 is 5.78 Å². The van der Waals surface area contributed by atoms with Gasteiger partial charge in [0.05, 0.1) is 5.54 Å². The van der Waals surface area contributed by atoms with E-state index in [2.05, 4.69) is 26.1 Å². The van der Waals surface area contributed by atoms with Crippen molar-refractivity contribution in [1.29, 1.82) is 0 Å². The van der Waals surface area contributed by atoms with E-state index in [9.17, 15) is 4.79 Å². The highest BCUT2D eigenvalue weighted by Crippen LogP contribution is 2.38. The van der Waals surface area contributed by atoms with Crippen LogP contribution in [0.3, 0.4) is 0 Å². The second-order valence-electron chi connectivity index (χ2n) is 6.69. The Morgan fingerprint density at radius 3 is 2.61 bits per heavy atom. The van der Waals surface area contributed by atoms with Crippen LogP contribution in [0.25, 0.3) is 0 Å². The van der Waals surface area contributed by atoms with Gasteiger partial charge in [-0.1, -0.05) is 27.2 Å². The van der Waals surface area contributed by atoms with Gasteiger partial charge in [0.25, 0.3) is 0 Å². The number of hydrogen-bond donors (Lipinski definition) is 1. The highest BCUT2D eigenvalue weighted by Gasteiger charge is 2.44. The zero-order valence-corrected chi connectivity index (χ0v) is 12.3. The second kappa shape index (κ2) is 5.73. The number of Topliss-reactive ketones (excluding diaryl/α,β-unsaturated/α-hetero) is 1. The number of nitrogens with one attached hydrogen (secondary N) is 1. The van der Waals surface area contributed by atoms with Crippen LogP contribution in [0.5, 0.6) is 0 Å². The minimum absolute atomic E-state index is 0.153. The van der Waals surface area contributed by atoms with E-state index in [-0.39, 0.29) is 5.54 Å². The minimum atomic E-state index is -0.153. The van der Waals surface area contributed by atoms with Crippen molar-refractivity contribution < 1.29 is 4.79 Å². The lowest BCUT2D eigenvalue weighted by Crippen LogP contribution is -2.51. The number of hydrogen-bond acceptors (Lipinski definition) is 2. The van der Waals surface area contributed by atoms with Gasteiger partial charge >= 0.3 is 0 Å². The molecule has 18 heavy (non-hydrogen) atoms. The average molecular weight is 251 g/mol. The van der Waals surface area contributed by atoms with Gasteiger partial charge in [0.2, 0.25) is 0 Å². The van der Waals surface area contributed by atoms with Crippen LogP contribution >= 0.6 is 0 Å². The molecule has 4 unspecified atom stereocenters. The molecule has 0 aromatic heterocycles. The van der Waals surface area contributed by atoms with Gasteiger partial charge in [-0.15, -0.1) is 0 Å². The van der Waals surface area contributed by atoms with Crippen LogP contribution in [0.1, 0.15) is 65.7 Å². The SMILES string of the molecule is CCCC1(C(=O)C2CCC(C)C(C)C2)CCCN1. The summed E-state index contributed by atoms with van der Waals surface area (Å²) in [6.45, 7) is 7.88. The standard InChI is InChI=1S/C16H29NO/c1-4-8-16(9-5-10-17-16)15(18)14-7-6-12(2)13(3)11-14/h12-14,17H,4-11H2,1-3H3. The van der Waals surface area contributed by atoms with Crippen molar-refractivity contribution in [2.45, 2.75) is 71.3 Å². The van der Waals surface area contributed by atoms with E-state index in [1.54, 1.807) is 0 Å². The Kier molecular flexibility index (Phi) is 4.47. The van der Waals surface area contributed by atoms with Crippen LogP contribution in [-0.2, 0) is 4.79 Å². The fourth-order valence-corrected chi connectivity index (χ4v) is 3.96. The zero-order chi connectivity index (χ0) is 13.2. The highest BCUT2D eigenvalue weighted by molar-refractivity contribution is 5.90. The molecule has 2 heteroatoms. The molecule has 2 rings (SSSR count). The van der Waals surface area contributed by atoms with Crippen molar-refractivity contribution in [2.75, 3.05) is 6.54 Å². The van der Waals surface area contributed by atoms with E-state index in [4.69, 9.17) is 0 Å². The summed E-state index contributed by atoms with van der Waals surface area (Å²) in [7, 11) is 0. The van der Waals surface area contributed by atoms with E-state index in [0.29, 0.717) is 17.6 Å². The van der Waals surface area contributed by atoms with Crippen molar-refractivity contribution in [2.24, 2.45) is 17.8 Å². The predicted molar refractivity (Wildman–Crippen MR) is 75.6 cm³/mol. The summed E-state index contributed by atoms with van der Waals surface area (Å²) < 4.78 is 0. The molecule has 1 saturated carbocycles. The first kappa shape index (κ1) is 14.0. The Labute approximate surface area is 112 Å². The molecule has 0 radical (unpaired) electrons. The van der Waals surface area contributed by atoms with Gasteiger partial charge in [0, 0.05) is 5.92 Å². The Morgan fingerprint density at radius 1 is 1.28 bits per heavy atom. The maximum Gasteiger partial charge on any atom is 0.155 e. The Bertz CT molecular complexity index is 293. The number of rotatable bonds is 4. The fraction of sp³-hybridized carbons (Fsp3) is 0.938. The third kappa shape index (κ3) is 2.64. The molecule has 0 bridgehead atoms. The molecule has 104 valence electrons. The monoisotopic (exact) mass is 251 g/mol. The molecule has 0 amide bonds. The summed E-state index contributed by atoms with van der Waals surface area (Å²) in [5, 5.41) is 3.54. The van der Waals surface area contributed by atoms with Crippen LogP contribution in [0.2, 0.25) is 0 Å². The molecular formula is C16H29NO. The van der Waals surface area contributed by atoms with Crippen molar-refractivity contribution in [3.63, 3.8) is 0 Å². The van der Waals surface area contributed by atoms with Crippen LogP contribution in [0.15, 0.2) is 0 Å². The number of carbonyl (C=O) groups is 1. The van der Waals surface area contributed by atoms with Gasteiger partial charge in [0.15, 0.2) is 5.78 Å². The molecule has 1 aliphatic heterocycles. The lowest BCUT2D eigenvalue weighted by Gasteiger charge is -2.37. The smallest absolute Gasteiger partial charge is 0.155 e. The van der Waals surface area contributed by atoms with E-state index in [1.807, 2.05) is 0 Å². The van der Waals surface area contributed by atoms with Crippen LogP contribution in [0, 0.1) is 17.8 Å². The summed E-state index contributed by atoms with van der Waals surface area (Å²) in [4.78, 5) is 12.9. The molecule has 0 spiro atoms. The molecule has 1 N–H and O–H groups in total. The van der Waals surface area contributed by atoms with Crippen molar-refractivity contribution in [3.8, 4) is 0 Å². The molecule has 0 aromatic rings. The van der Waals surface area contributed by atoms with Gasteiger partial charge in [-0.25, -0.2) is 0 Å². The van der Waals surface area contributed by atoms with Crippen molar-refractivity contribution in [1.82, 2.24) is 5.32 Å². The molecular weight excluding hydrogens is 222 g/mol. The topological polar surface area (TPSA) is 29.1 Å². The first-order valence-corrected chi connectivity index (χ1v) is 7.88. The zero-order valence-electron chi connectivity index (χ0n) is 12.3. The van der Waals surface area contributed by atoms with Gasteiger partial charge < -0.3 is 5.32 Å². The summed E-state index contributed by atoms with van der Waals surface area (Å²) in [6, 6.07) is 0. The number of ketones is 1. The summed E-state index contributed by atoms with van der Waals surface area (Å²) in [5.41, 5.74) is -0.153. The van der Waals surface area contributed by atoms with E-state index < -0.39 is 0 Å². The molecule has 0 aromatic carbocycles. The molecule has 2 nitrogen and oxygen atoms in total. The first-order chi connectivity index (χ1) is 8.59. The lowest BCUT2D eigenvalue weighted by molar-refractivity contribution is -0.131. The van der Waals surface area contributed by atoms with Crippen LogP contribution < -0.4 is 5.32 Å². The van der Waals surface area contributed by atoms with E-state index >= 15 is 0 Å². The van der Waals surface area contributed by atoms with Crippen LogP contribution in [-0.4, -0.2) is 17.9 Å². The molecule has 1 saturated heterocycles. The Balaban J connectivity index is 2.05. The third-order valence-electron chi connectivity index (χ3n) is 5.36. The van der Waals surface area contributed by atoms with Gasteiger partial charge in [0.1, 0.15) is 0 Å². The molecule has 4 atom stereocenters. The van der Waals surface area contributed by atoms with E-state index in [1.165, 1.54) is 12.8 Å². The second-order valence-corrected chi connectivity index (χ2v) is 6.69. The lowest BCUT2D eigenvalue weighted by atomic mass is 9.70. The first-order valence-electron chi connectivity index (χ1n) is 7.88. The predicted octanol–water partition coefficient (Wildman–Crippen LogP) is 3.55. The Morgan fingerprint density at radius 2 is 2.06 bits per heavy atom. The maximum atomic E-state index is 12.9. The van der Waals surface area contributed by atoms with Crippen LogP contribution in [0.4, 0.5) is 0 Å². The summed E-state index contributed by atoms with van der Waals surface area (Å²) in [5.74, 6) is 2.38. The molecule has 1 aliphatic carbocycles. The molecule has 1 heterocycles.